The average molecular weight is 206 g/mol. The molecule has 4 heteroatoms. The second kappa shape index (κ2) is 3.97. The fraction of sp³-hybridized carbons (Fsp3) is 0.364. The van der Waals surface area contributed by atoms with Gasteiger partial charge in [0.05, 0.1) is 24.3 Å². The van der Waals surface area contributed by atoms with E-state index in [-0.39, 0.29) is 11.9 Å². The van der Waals surface area contributed by atoms with Crippen molar-refractivity contribution in [2.45, 2.75) is 19.4 Å². The molecule has 0 aliphatic carbocycles. The number of benzene rings is 1. The van der Waals surface area contributed by atoms with Crippen molar-refractivity contribution >= 4 is 0 Å². The number of hydrogen-bond acceptors (Lipinski definition) is 3. The van der Waals surface area contributed by atoms with Crippen LogP contribution in [0.2, 0.25) is 0 Å². The third-order valence-electron chi connectivity index (χ3n) is 2.62. The SMILES string of the molecule is Cc1c(F)cc([C@@H]2CCON2)cc1C#N. The van der Waals surface area contributed by atoms with Gasteiger partial charge >= 0.3 is 0 Å². The van der Waals surface area contributed by atoms with E-state index in [1.807, 2.05) is 6.07 Å². The Bertz CT molecular complexity index is 419. The Hall–Kier alpha value is -1.44. The van der Waals surface area contributed by atoms with Crippen molar-refractivity contribution in [2.24, 2.45) is 0 Å². The van der Waals surface area contributed by atoms with Crippen molar-refractivity contribution in [3.05, 3.63) is 34.6 Å². The van der Waals surface area contributed by atoms with Crippen molar-refractivity contribution in [3.8, 4) is 6.07 Å². The normalized spacial score (nSPS) is 20.2. The van der Waals surface area contributed by atoms with Gasteiger partial charge < -0.3 is 4.84 Å². The Balaban J connectivity index is 2.41. The first-order chi connectivity index (χ1) is 7.22. The second-order valence-corrected chi connectivity index (χ2v) is 3.59. The van der Waals surface area contributed by atoms with Crippen LogP contribution in [-0.2, 0) is 4.84 Å². The molecule has 1 N–H and O–H groups in total. The van der Waals surface area contributed by atoms with E-state index in [9.17, 15) is 4.39 Å². The molecule has 3 nitrogen and oxygen atoms in total. The molecule has 0 unspecified atom stereocenters. The van der Waals surface area contributed by atoms with Crippen LogP contribution < -0.4 is 5.48 Å². The van der Waals surface area contributed by atoms with Crippen LogP contribution in [0, 0.1) is 24.1 Å². The summed E-state index contributed by atoms with van der Waals surface area (Å²) in [4.78, 5) is 5.00. The minimum atomic E-state index is -0.335. The molecule has 15 heavy (non-hydrogen) atoms. The quantitative estimate of drug-likeness (QED) is 0.764. The van der Waals surface area contributed by atoms with Gasteiger partial charge in [0, 0.05) is 5.56 Å². The van der Waals surface area contributed by atoms with E-state index in [4.69, 9.17) is 10.1 Å². The maximum Gasteiger partial charge on any atom is 0.127 e. The van der Waals surface area contributed by atoms with Crippen LogP contribution in [-0.4, -0.2) is 6.61 Å². The van der Waals surface area contributed by atoms with Gasteiger partial charge in [-0.3, -0.25) is 0 Å². The lowest BCUT2D eigenvalue weighted by Crippen LogP contribution is -2.12. The summed E-state index contributed by atoms with van der Waals surface area (Å²) >= 11 is 0. The van der Waals surface area contributed by atoms with Crippen LogP contribution >= 0.6 is 0 Å². The summed E-state index contributed by atoms with van der Waals surface area (Å²) < 4.78 is 13.5. The third-order valence-corrected chi connectivity index (χ3v) is 2.62. The summed E-state index contributed by atoms with van der Waals surface area (Å²) in [5, 5.41) is 8.84. The van der Waals surface area contributed by atoms with Crippen molar-refractivity contribution < 1.29 is 9.23 Å². The Morgan fingerprint density at radius 1 is 1.60 bits per heavy atom. The number of nitrogens with one attached hydrogen (secondary N) is 1. The fourth-order valence-electron chi connectivity index (χ4n) is 1.65. The lowest BCUT2D eigenvalue weighted by molar-refractivity contribution is 0.0882. The zero-order chi connectivity index (χ0) is 10.8. The Morgan fingerprint density at radius 3 is 3.00 bits per heavy atom. The van der Waals surface area contributed by atoms with Crippen molar-refractivity contribution in [1.29, 1.82) is 5.26 Å². The van der Waals surface area contributed by atoms with E-state index >= 15 is 0 Å². The van der Waals surface area contributed by atoms with Gasteiger partial charge in [0.2, 0.25) is 0 Å². The summed E-state index contributed by atoms with van der Waals surface area (Å²) in [5.41, 5.74) is 4.36. The van der Waals surface area contributed by atoms with Gasteiger partial charge in [-0.1, -0.05) is 0 Å². The molecule has 0 aromatic heterocycles. The molecule has 0 radical (unpaired) electrons. The second-order valence-electron chi connectivity index (χ2n) is 3.59. The smallest absolute Gasteiger partial charge is 0.127 e. The number of nitrogens with zero attached hydrogens (tertiary/aromatic N) is 1. The molecule has 1 atom stereocenters. The molecule has 0 spiro atoms. The summed E-state index contributed by atoms with van der Waals surface area (Å²) in [6.45, 7) is 2.22. The number of halogens is 1. The van der Waals surface area contributed by atoms with E-state index in [1.165, 1.54) is 6.07 Å². The molecular weight excluding hydrogens is 195 g/mol. The number of nitriles is 1. The summed E-state index contributed by atoms with van der Waals surface area (Å²) in [6, 6.07) is 5.16. The van der Waals surface area contributed by atoms with Crippen LogP contribution in [0.1, 0.15) is 29.2 Å². The maximum absolute atomic E-state index is 13.5. The van der Waals surface area contributed by atoms with Crippen LogP contribution in [0.5, 0.6) is 0 Å². The van der Waals surface area contributed by atoms with Gasteiger partial charge in [0.1, 0.15) is 5.82 Å². The summed E-state index contributed by atoms with van der Waals surface area (Å²) in [7, 11) is 0. The van der Waals surface area contributed by atoms with E-state index in [0.717, 1.165) is 12.0 Å². The van der Waals surface area contributed by atoms with E-state index in [2.05, 4.69) is 5.48 Å². The van der Waals surface area contributed by atoms with Gasteiger partial charge in [-0.15, -0.1) is 0 Å². The highest BCUT2D eigenvalue weighted by molar-refractivity contribution is 5.41. The van der Waals surface area contributed by atoms with Crippen LogP contribution in [0.25, 0.3) is 0 Å². The predicted molar refractivity (Wildman–Crippen MR) is 52.3 cm³/mol. The molecule has 1 aliphatic heterocycles. The maximum atomic E-state index is 13.5. The highest BCUT2D eigenvalue weighted by Crippen LogP contribution is 2.24. The predicted octanol–water partition coefficient (Wildman–Crippen LogP) is 1.97. The van der Waals surface area contributed by atoms with Gasteiger partial charge in [0.25, 0.3) is 0 Å². The Kier molecular flexibility index (Phi) is 2.67. The Morgan fingerprint density at radius 2 is 2.40 bits per heavy atom. The Labute approximate surface area is 87.4 Å². The van der Waals surface area contributed by atoms with Gasteiger partial charge in [0.15, 0.2) is 0 Å². The van der Waals surface area contributed by atoms with Crippen LogP contribution in [0.3, 0.4) is 0 Å². The molecule has 1 aliphatic rings. The molecular formula is C11H11FN2O. The highest BCUT2D eigenvalue weighted by atomic mass is 19.1. The molecule has 78 valence electrons. The molecule has 0 amide bonds. The average Bonchev–Trinajstić information content (AvgIpc) is 2.75. The zero-order valence-electron chi connectivity index (χ0n) is 8.38. The largest absolute Gasteiger partial charge is 0.301 e. The van der Waals surface area contributed by atoms with Crippen molar-refractivity contribution in [1.82, 2.24) is 5.48 Å². The molecule has 1 fully saturated rings. The van der Waals surface area contributed by atoms with Gasteiger partial charge in [-0.05, 0) is 31.0 Å². The topological polar surface area (TPSA) is 45.0 Å². The minimum Gasteiger partial charge on any atom is -0.301 e. The number of hydrogen-bond donors (Lipinski definition) is 1. The fourth-order valence-corrected chi connectivity index (χ4v) is 1.65. The van der Waals surface area contributed by atoms with E-state index in [1.54, 1.807) is 13.0 Å². The molecule has 0 saturated carbocycles. The monoisotopic (exact) mass is 206 g/mol. The molecule has 0 bridgehead atoms. The standard InChI is InChI=1S/C11H11FN2O/c1-7-9(6-13)4-8(5-10(7)12)11-2-3-15-14-11/h4-5,11,14H,2-3H2,1H3/t11-/m0/s1. The van der Waals surface area contributed by atoms with Gasteiger partial charge in [-0.25, -0.2) is 4.39 Å². The van der Waals surface area contributed by atoms with E-state index in [0.29, 0.717) is 17.7 Å². The highest BCUT2D eigenvalue weighted by Gasteiger charge is 2.19. The first kappa shape index (κ1) is 10.1. The van der Waals surface area contributed by atoms with Gasteiger partial charge in [-0.2, -0.15) is 10.7 Å². The third kappa shape index (κ3) is 1.84. The molecule has 1 aromatic carbocycles. The minimum absolute atomic E-state index is 0.00722. The molecule has 2 rings (SSSR count). The number of rotatable bonds is 1. The lowest BCUT2D eigenvalue weighted by atomic mass is 9.99. The molecule has 1 saturated heterocycles. The van der Waals surface area contributed by atoms with Crippen molar-refractivity contribution in [2.75, 3.05) is 6.61 Å². The summed E-state index contributed by atoms with van der Waals surface area (Å²) in [6.07, 6.45) is 0.799. The summed E-state index contributed by atoms with van der Waals surface area (Å²) in [5.74, 6) is -0.335. The molecule has 1 heterocycles. The zero-order valence-corrected chi connectivity index (χ0v) is 8.38. The first-order valence-corrected chi connectivity index (χ1v) is 4.80. The lowest BCUT2D eigenvalue weighted by Gasteiger charge is -2.10. The number of hydroxylamine groups is 1. The van der Waals surface area contributed by atoms with Crippen molar-refractivity contribution in [3.63, 3.8) is 0 Å². The molecule has 1 aromatic rings. The van der Waals surface area contributed by atoms with Crippen LogP contribution in [0.15, 0.2) is 12.1 Å². The van der Waals surface area contributed by atoms with Crippen LogP contribution in [0.4, 0.5) is 4.39 Å². The van der Waals surface area contributed by atoms with E-state index < -0.39 is 0 Å². The first-order valence-electron chi connectivity index (χ1n) is 4.80.